The van der Waals surface area contributed by atoms with Crippen LogP contribution in [0.5, 0.6) is 0 Å². The molecule has 0 bridgehead atoms. The quantitative estimate of drug-likeness (QED) is 0.671. The summed E-state index contributed by atoms with van der Waals surface area (Å²) in [6.45, 7) is 5.21. The van der Waals surface area contributed by atoms with Crippen LogP contribution in [0.2, 0.25) is 0 Å². The number of pyridine rings is 1. The largest absolute Gasteiger partial charge is 0.265 e. The molecule has 0 aliphatic carbocycles. The Balaban J connectivity index is 2.01. The molecule has 0 radical (unpaired) electrons. The molecular formula is C17H22N6. The molecule has 6 nitrogen and oxygen atoms in total. The number of rotatable bonds is 7. The lowest BCUT2D eigenvalue weighted by Crippen LogP contribution is -2.17. The van der Waals surface area contributed by atoms with Gasteiger partial charge in [-0.1, -0.05) is 20.3 Å². The van der Waals surface area contributed by atoms with Gasteiger partial charge in [-0.3, -0.25) is 9.67 Å². The molecule has 0 unspecified atom stereocenters. The summed E-state index contributed by atoms with van der Waals surface area (Å²) >= 11 is 0. The first-order valence-corrected chi connectivity index (χ1v) is 8.17. The third kappa shape index (κ3) is 3.31. The highest BCUT2D eigenvalue weighted by molar-refractivity contribution is 5.53. The van der Waals surface area contributed by atoms with E-state index in [0.717, 1.165) is 43.0 Å². The fraction of sp³-hybridized carbons (Fsp3) is 0.412. The first-order chi connectivity index (χ1) is 11.3. The fourth-order valence-electron chi connectivity index (χ4n) is 2.65. The SMILES string of the molecule is CCCCn1nc(-c2ccncc2)nc1[C@H](CC)n1cccn1. The monoisotopic (exact) mass is 310 g/mol. The van der Waals surface area contributed by atoms with Crippen LogP contribution in [0.15, 0.2) is 43.0 Å². The van der Waals surface area contributed by atoms with Crippen molar-refractivity contribution in [2.24, 2.45) is 0 Å². The standard InChI is InChI=1S/C17H22N6/c1-3-5-12-23-17(15(4-2)22-13-6-9-19-22)20-16(21-23)14-7-10-18-11-8-14/h6-11,13,15H,3-5,12H2,1-2H3/t15-/m0/s1. The number of aromatic nitrogens is 6. The Kier molecular flexibility index (Phi) is 4.80. The fourth-order valence-corrected chi connectivity index (χ4v) is 2.65. The second-order valence-corrected chi connectivity index (χ2v) is 5.52. The zero-order chi connectivity index (χ0) is 16.1. The Morgan fingerprint density at radius 1 is 1.13 bits per heavy atom. The maximum absolute atomic E-state index is 4.82. The highest BCUT2D eigenvalue weighted by Crippen LogP contribution is 2.23. The molecule has 0 fully saturated rings. The van der Waals surface area contributed by atoms with Gasteiger partial charge < -0.3 is 0 Å². The minimum atomic E-state index is 0.102. The number of aryl methyl sites for hydroxylation is 1. The maximum atomic E-state index is 4.82. The van der Waals surface area contributed by atoms with Gasteiger partial charge in [0.25, 0.3) is 0 Å². The number of hydrogen-bond acceptors (Lipinski definition) is 4. The van der Waals surface area contributed by atoms with Crippen LogP contribution in [-0.4, -0.2) is 29.5 Å². The van der Waals surface area contributed by atoms with Crippen molar-refractivity contribution < 1.29 is 0 Å². The Morgan fingerprint density at radius 3 is 2.61 bits per heavy atom. The molecule has 3 rings (SSSR count). The van der Waals surface area contributed by atoms with Crippen LogP contribution < -0.4 is 0 Å². The predicted octanol–water partition coefficient (Wildman–Crippen LogP) is 3.34. The number of unbranched alkanes of at least 4 members (excludes halogenated alkanes) is 1. The highest BCUT2D eigenvalue weighted by Gasteiger charge is 2.21. The third-order valence-electron chi connectivity index (χ3n) is 3.89. The molecule has 120 valence electrons. The summed E-state index contributed by atoms with van der Waals surface area (Å²) < 4.78 is 4.00. The zero-order valence-electron chi connectivity index (χ0n) is 13.6. The summed E-state index contributed by atoms with van der Waals surface area (Å²) in [6, 6.07) is 5.93. The van der Waals surface area contributed by atoms with Crippen molar-refractivity contribution in [1.82, 2.24) is 29.5 Å². The minimum Gasteiger partial charge on any atom is -0.265 e. The van der Waals surface area contributed by atoms with Gasteiger partial charge in [0.15, 0.2) is 11.6 Å². The third-order valence-corrected chi connectivity index (χ3v) is 3.89. The molecule has 3 aromatic rings. The molecule has 23 heavy (non-hydrogen) atoms. The topological polar surface area (TPSA) is 61.4 Å². The van der Waals surface area contributed by atoms with Crippen molar-refractivity contribution in [2.45, 2.75) is 45.7 Å². The van der Waals surface area contributed by atoms with Crippen molar-refractivity contribution in [2.75, 3.05) is 0 Å². The summed E-state index contributed by atoms with van der Waals surface area (Å²) in [4.78, 5) is 8.89. The zero-order valence-corrected chi connectivity index (χ0v) is 13.6. The van der Waals surface area contributed by atoms with Crippen molar-refractivity contribution >= 4 is 0 Å². The minimum absolute atomic E-state index is 0.102. The summed E-state index contributed by atoms with van der Waals surface area (Å²) in [5.41, 5.74) is 0.992. The highest BCUT2D eigenvalue weighted by atomic mass is 15.4. The van der Waals surface area contributed by atoms with Crippen molar-refractivity contribution in [3.8, 4) is 11.4 Å². The van der Waals surface area contributed by atoms with E-state index in [1.807, 2.05) is 33.8 Å². The lowest BCUT2D eigenvalue weighted by Gasteiger charge is -2.15. The van der Waals surface area contributed by atoms with Gasteiger partial charge in [0.05, 0.1) is 0 Å². The normalized spacial score (nSPS) is 12.4. The first-order valence-electron chi connectivity index (χ1n) is 8.17. The molecule has 1 atom stereocenters. The smallest absolute Gasteiger partial charge is 0.181 e. The van der Waals surface area contributed by atoms with Crippen LogP contribution in [0.25, 0.3) is 11.4 Å². The Morgan fingerprint density at radius 2 is 1.96 bits per heavy atom. The van der Waals surface area contributed by atoms with Crippen LogP contribution in [-0.2, 0) is 6.54 Å². The van der Waals surface area contributed by atoms with Gasteiger partial charge in [0, 0.05) is 36.9 Å². The summed E-state index contributed by atoms with van der Waals surface area (Å²) in [5, 5.41) is 9.13. The van der Waals surface area contributed by atoms with Gasteiger partial charge in [0.1, 0.15) is 6.04 Å². The Hall–Kier alpha value is -2.50. The molecule has 0 aromatic carbocycles. The summed E-state index contributed by atoms with van der Waals surface area (Å²) in [5.74, 6) is 1.72. The molecule has 0 N–H and O–H groups in total. The number of hydrogen-bond donors (Lipinski definition) is 0. The van der Waals surface area contributed by atoms with E-state index in [2.05, 4.69) is 23.9 Å². The van der Waals surface area contributed by atoms with Gasteiger partial charge >= 0.3 is 0 Å². The van der Waals surface area contributed by atoms with Gasteiger partial charge in [0.2, 0.25) is 0 Å². The summed E-state index contributed by atoms with van der Waals surface area (Å²) in [7, 11) is 0. The van der Waals surface area contributed by atoms with E-state index in [0.29, 0.717) is 0 Å². The van der Waals surface area contributed by atoms with Crippen molar-refractivity contribution in [3.05, 3.63) is 48.8 Å². The van der Waals surface area contributed by atoms with Crippen molar-refractivity contribution in [1.29, 1.82) is 0 Å². The van der Waals surface area contributed by atoms with Crippen LogP contribution >= 0.6 is 0 Å². The van der Waals surface area contributed by atoms with E-state index in [1.165, 1.54) is 0 Å². The van der Waals surface area contributed by atoms with E-state index in [1.54, 1.807) is 18.6 Å². The Labute approximate surface area is 136 Å². The molecular weight excluding hydrogens is 288 g/mol. The molecule has 6 heteroatoms. The molecule has 0 aliphatic rings. The molecule has 3 aromatic heterocycles. The molecule has 0 saturated heterocycles. The first kappa shape index (κ1) is 15.4. The predicted molar refractivity (Wildman–Crippen MR) is 88.8 cm³/mol. The average Bonchev–Trinajstić information content (AvgIpc) is 3.25. The van der Waals surface area contributed by atoms with Gasteiger partial charge in [-0.2, -0.15) is 10.2 Å². The lowest BCUT2D eigenvalue weighted by atomic mass is 10.2. The van der Waals surface area contributed by atoms with Gasteiger partial charge in [-0.05, 0) is 31.0 Å². The molecule has 0 saturated carbocycles. The Bertz CT molecular complexity index is 717. The molecule has 0 aliphatic heterocycles. The van der Waals surface area contributed by atoms with Gasteiger partial charge in [-0.25, -0.2) is 9.67 Å². The van der Waals surface area contributed by atoms with Crippen LogP contribution in [0.4, 0.5) is 0 Å². The average molecular weight is 310 g/mol. The molecule has 0 spiro atoms. The van der Waals surface area contributed by atoms with E-state index in [-0.39, 0.29) is 6.04 Å². The van der Waals surface area contributed by atoms with Gasteiger partial charge in [-0.15, -0.1) is 0 Å². The van der Waals surface area contributed by atoms with E-state index < -0.39 is 0 Å². The molecule has 3 heterocycles. The molecule has 0 amide bonds. The van der Waals surface area contributed by atoms with E-state index in [9.17, 15) is 0 Å². The summed E-state index contributed by atoms with van der Waals surface area (Å²) in [6.07, 6.45) is 10.5. The lowest BCUT2D eigenvalue weighted by molar-refractivity contribution is 0.438. The van der Waals surface area contributed by atoms with Crippen LogP contribution in [0.3, 0.4) is 0 Å². The second kappa shape index (κ2) is 7.17. The van der Waals surface area contributed by atoms with E-state index in [4.69, 9.17) is 10.1 Å². The van der Waals surface area contributed by atoms with E-state index >= 15 is 0 Å². The maximum Gasteiger partial charge on any atom is 0.181 e. The number of nitrogens with zero attached hydrogens (tertiary/aromatic N) is 6. The second-order valence-electron chi connectivity index (χ2n) is 5.52. The van der Waals surface area contributed by atoms with Crippen molar-refractivity contribution in [3.63, 3.8) is 0 Å². The van der Waals surface area contributed by atoms with Crippen LogP contribution in [0.1, 0.15) is 45.0 Å². The van der Waals surface area contributed by atoms with Crippen LogP contribution in [0, 0.1) is 0 Å².